The molecule has 0 aromatic heterocycles. The van der Waals surface area contributed by atoms with Crippen molar-refractivity contribution < 1.29 is 17.7 Å². The lowest BCUT2D eigenvalue weighted by atomic mass is 10.1. The van der Waals surface area contributed by atoms with Crippen LogP contribution in [0.2, 0.25) is 0 Å². The zero-order valence-electron chi connectivity index (χ0n) is 11.7. The van der Waals surface area contributed by atoms with Crippen molar-refractivity contribution >= 4 is 15.7 Å². The molecule has 0 saturated heterocycles. The minimum Gasteiger partial charge on any atom is -0.329 e. The number of nitrogens with two attached hydrogens (primary N) is 1. The first-order chi connectivity index (χ1) is 9.65. The van der Waals surface area contributed by atoms with Crippen LogP contribution in [0.3, 0.4) is 0 Å². The summed E-state index contributed by atoms with van der Waals surface area (Å²) in [5.41, 5.74) is 4.88. The van der Waals surface area contributed by atoms with E-state index in [-0.39, 0.29) is 12.5 Å². The standard InChI is InChI=1S/C12H18FN3O4S/c1-8(2)3-10(7-14)15-21(19,20)12-5-9(13)4-11(6-12)16(17)18/h4-6,8,10,15H,3,7,14H2,1-2H3. The predicted molar refractivity (Wildman–Crippen MR) is 75.7 cm³/mol. The van der Waals surface area contributed by atoms with Crippen molar-refractivity contribution in [2.45, 2.75) is 31.2 Å². The normalized spacial score (nSPS) is 13.4. The summed E-state index contributed by atoms with van der Waals surface area (Å²) < 4.78 is 40.0. The lowest BCUT2D eigenvalue weighted by Crippen LogP contribution is -2.41. The third kappa shape index (κ3) is 5.03. The Hall–Kier alpha value is -1.58. The summed E-state index contributed by atoms with van der Waals surface area (Å²) in [6, 6.07) is 1.69. The maximum absolute atomic E-state index is 13.3. The van der Waals surface area contributed by atoms with Crippen LogP contribution in [0, 0.1) is 21.8 Å². The van der Waals surface area contributed by atoms with Gasteiger partial charge in [-0.15, -0.1) is 0 Å². The molecular weight excluding hydrogens is 301 g/mol. The summed E-state index contributed by atoms with van der Waals surface area (Å²) >= 11 is 0. The quantitative estimate of drug-likeness (QED) is 0.582. The van der Waals surface area contributed by atoms with Gasteiger partial charge in [0.1, 0.15) is 5.82 Å². The molecule has 0 fully saturated rings. The van der Waals surface area contributed by atoms with Crippen molar-refractivity contribution in [2.24, 2.45) is 11.7 Å². The van der Waals surface area contributed by atoms with Crippen LogP contribution in [-0.4, -0.2) is 25.9 Å². The molecule has 3 N–H and O–H groups in total. The van der Waals surface area contributed by atoms with E-state index in [0.29, 0.717) is 12.5 Å². The third-order valence-corrected chi connectivity index (χ3v) is 4.24. The van der Waals surface area contributed by atoms with Gasteiger partial charge in [-0.1, -0.05) is 13.8 Å². The van der Waals surface area contributed by atoms with Gasteiger partial charge >= 0.3 is 0 Å². The number of nitrogens with zero attached hydrogens (tertiary/aromatic N) is 1. The van der Waals surface area contributed by atoms with Gasteiger partial charge in [0, 0.05) is 18.7 Å². The van der Waals surface area contributed by atoms with E-state index < -0.39 is 37.4 Å². The van der Waals surface area contributed by atoms with Gasteiger partial charge in [0.25, 0.3) is 5.69 Å². The Morgan fingerprint density at radius 1 is 1.38 bits per heavy atom. The van der Waals surface area contributed by atoms with E-state index in [1.54, 1.807) is 0 Å². The van der Waals surface area contributed by atoms with Crippen LogP contribution in [0.5, 0.6) is 0 Å². The van der Waals surface area contributed by atoms with Gasteiger partial charge in [-0.3, -0.25) is 10.1 Å². The van der Waals surface area contributed by atoms with Crippen LogP contribution in [0.25, 0.3) is 0 Å². The topological polar surface area (TPSA) is 115 Å². The summed E-state index contributed by atoms with van der Waals surface area (Å²) in [6.45, 7) is 3.89. The second-order valence-electron chi connectivity index (χ2n) is 5.09. The largest absolute Gasteiger partial charge is 0.329 e. The number of hydrogen-bond donors (Lipinski definition) is 2. The molecule has 1 aromatic carbocycles. The zero-order chi connectivity index (χ0) is 16.2. The van der Waals surface area contributed by atoms with Gasteiger partial charge in [0.2, 0.25) is 10.0 Å². The molecule has 1 atom stereocenters. The molecule has 0 spiro atoms. The number of nitro groups is 1. The van der Waals surface area contributed by atoms with E-state index >= 15 is 0 Å². The van der Waals surface area contributed by atoms with E-state index in [0.717, 1.165) is 12.1 Å². The van der Waals surface area contributed by atoms with Crippen LogP contribution in [0.15, 0.2) is 23.1 Å². The number of benzene rings is 1. The molecule has 1 rings (SSSR count). The summed E-state index contributed by atoms with van der Waals surface area (Å²) in [7, 11) is -4.07. The molecule has 1 unspecified atom stereocenters. The Morgan fingerprint density at radius 3 is 2.48 bits per heavy atom. The molecule has 21 heavy (non-hydrogen) atoms. The van der Waals surface area contributed by atoms with Crippen LogP contribution in [-0.2, 0) is 10.0 Å². The first-order valence-electron chi connectivity index (χ1n) is 6.33. The average molecular weight is 319 g/mol. The number of rotatable bonds is 7. The Labute approximate surface area is 122 Å². The van der Waals surface area contributed by atoms with Crippen molar-refractivity contribution in [3.63, 3.8) is 0 Å². The smallest absolute Gasteiger partial charge is 0.273 e. The molecule has 0 bridgehead atoms. The molecule has 0 aliphatic carbocycles. The number of nitro benzene ring substituents is 1. The first-order valence-corrected chi connectivity index (χ1v) is 7.81. The number of non-ortho nitro benzene ring substituents is 1. The van der Waals surface area contributed by atoms with Crippen LogP contribution < -0.4 is 10.5 Å². The summed E-state index contributed by atoms with van der Waals surface area (Å²) in [5, 5.41) is 10.7. The molecular formula is C12H18FN3O4S. The fraction of sp³-hybridized carbons (Fsp3) is 0.500. The Kier molecular flexibility index (Phi) is 5.76. The first kappa shape index (κ1) is 17.5. The van der Waals surface area contributed by atoms with E-state index in [1.807, 2.05) is 13.8 Å². The highest BCUT2D eigenvalue weighted by Crippen LogP contribution is 2.20. The van der Waals surface area contributed by atoms with Gasteiger partial charge in [0.15, 0.2) is 0 Å². The van der Waals surface area contributed by atoms with Crippen molar-refractivity contribution in [3.8, 4) is 0 Å². The molecule has 0 aliphatic rings. The van der Waals surface area contributed by atoms with Gasteiger partial charge in [-0.2, -0.15) is 0 Å². The Bertz CT molecular complexity index is 619. The van der Waals surface area contributed by atoms with E-state index in [4.69, 9.17) is 5.73 Å². The monoisotopic (exact) mass is 319 g/mol. The molecule has 0 amide bonds. The molecule has 9 heteroatoms. The maximum Gasteiger partial charge on any atom is 0.273 e. The SMILES string of the molecule is CC(C)CC(CN)NS(=O)(=O)c1cc(F)cc([N+](=O)[O-])c1. The summed E-state index contributed by atoms with van der Waals surface area (Å²) in [4.78, 5) is 9.32. The molecule has 0 radical (unpaired) electrons. The van der Waals surface area contributed by atoms with Crippen molar-refractivity contribution in [2.75, 3.05) is 6.54 Å². The third-order valence-electron chi connectivity index (χ3n) is 2.74. The minimum absolute atomic E-state index is 0.0782. The maximum atomic E-state index is 13.3. The van der Waals surface area contributed by atoms with Gasteiger partial charge < -0.3 is 5.73 Å². The predicted octanol–water partition coefficient (Wildman–Crippen LogP) is 1.39. The average Bonchev–Trinajstić information content (AvgIpc) is 2.36. The Morgan fingerprint density at radius 2 is 2.00 bits per heavy atom. The lowest BCUT2D eigenvalue weighted by molar-refractivity contribution is -0.385. The van der Waals surface area contributed by atoms with E-state index in [1.165, 1.54) is 0 Å². The zero-order valence-corrected chi connectivity index (χ0v) is 12.6. The number of halogens is 1. The second-order valence-corrected chi connectivity index (χ2v) is 6.80. The minimum atomic E-state index is -4.07. The molecule has 0 aliphatic heterocycles. The summed E-state index contributed by atoms with van der Waals surface area (Å²) in [6.07, 6.45) is 0.507. The molecule has 1 aromatic rings. The number of hydrogen-bond acceptors (Lipinski definition) is 5. The van der Waals surface area contributed by atoms with Crippen molar-refractivity contribution in [3.05, 3.63) is 34.1 Å². The van der Waals surface area contributed by atoms with Crippen LogP contribution >= 0.6 is 0 Å². The van der Waals surface area contributed by atoms with E-state index in [2.05, 4.69) is 4.72 Å². The van der Waals surface area contributed by atoms with Crippen molar-refractivity contribution in [1.29, 1.82) is 0 Å². The fourth-order valence-corrected chi connectivity index (χ4v) is 3.17. The van der Waals surface area contributed by atoms with Gasteiger partial charge in [-0.25, -0.2) is 17.5 Å². The number of nitrogens with one attached hydrogen (secondary N) is 1. The lowest BCUT2D eigenvalue weighted by Gasteiger charge is -2.18. The van der Waals surface area contributed by atoms with Crippen LogP contribution in [0.4, 0.5) is 10.1 Å². The molecule has 118 valence electrons. The highest BCUT2D eigenvalue weighted by atomic mass is 32.2. The highest BCUT2D eigenvalue weighted by Gasteiger charge is 2.23. The highest BCUT2D eigenvalue weighted by molar-refractivity contribution is 7.89. The molecule has 0 saturated carbocycles. The molecule has 0 heterocycles. The fourth-order valence-electron chi connectivity index (χ4n) is 1.86. The summed E-state index contributed by atoms with van der Waals surface area (Å²) in [5.74, 6) is -0.777. The second kappa shape index (κ2) is 6.92. The van der Waals surface area contributed by atoms with Gasteiger partial charge in [-0.05, 0) is 18.4 Å². The van der Waals surface area contributed by atoms with Crippen LogP contribution in [0.1, 0.15) is 20.3 Å². The Balaban J connectivity index is 3.10. The molecule has 7 nitrogen and oxygen atoms in total. The number of sulfonamides is 1. The van der Waals surface area contributed by atoms with Crippen molar-refractivity contribution in [1.82, 2.24) is 4.72 Å². The van der Waals surface area contributed by atoms with E-state index in [9.17, 15) is 22.9 Å². The van der Waals surface area contributed by atoms with Gasteiger partial charge in [0.05, 0.1) is 15.9 Å².